The molecule has 2 fully saturated rings. The van der Waals surface area contributed by atoms with E-state index in [0.29, 0.717) is 18.4 Å². The molecule has 1 aliphatic carbocycles. The van der Waals surface area contributed by atoms with Crippen LogP contribution in [0.25, 0.3) is 11.1 Å². The zero-order chi connectivity index (χ0) is 24.4. The van der Waals surface area contributed by atoms with Crippen LogP contribution in [0, 0.1) is 0 Å². The summed E-state index contributed by atoms with van der Waals surface area (Å²) in [7, 11) is 0. The zero-order valence-corrected chi connectivity index (χ0v) is 19.1. The van der Waals surface area contributed by atoms with Crippen LogP contribution in [0.2, 0.25) is 0 Å². The maximum absolute atomic E-state index is 13.5. The lowest BCUT2D eigenvalue weighted by atomic mass is 9.91. The number of rotatable bonds is 6. The normalized spacial score (nSPS) is 21.9. The summed E-state index contributed by atoms with van der Waals surface area (Å²) in [6.45, 7) is -0.0137. The number of benzene rings is 2. The molecule has 1 aliphatic heterocycles. The molecule has 2 heterocycles. The van der Waals surface area contributed by atoms with Crippen molar-refractivity contribution in [1.82, 2.24) is 15.2 Å². The SMILES string of the molecule is O=C(NC12CCCC1OCC2=O)C(Cc1cccc(O)c1)NC(=O)n1ccc(-c2ccccc2)c1. The lowest BCUT2D eigenvalue weighted by molar-refractivity contribution is -0.130. The van der Waals surface area contributed by atoms with Gasteiger partial charge in [0, 0.05) is 18.8 Å². The van der Waals surface area contributed by atoms with Gasteiger partial charge in [0.1, 0.15) is 23.9 Å². The number of phenolic OH excluding ortho intramolecular Hbond substituents is 1. The van der Waals surface area contributed by atoms with Crippen molar-refractivity contribution in [3.05, 3.63) is 78.6 Å². The number of ether oxygens (including phenoxy) is 1. The van der Waals surface area contributed by atoms with Gasteiger partial charge >= 0.3 is 6.03 Å². The van der Waals surface area contributed by atoms with Gasteiger partial charge in [0.2, 0.25) is 5.91 Å². The number of amides is 2. The Labute approximate surface area is 202 Å². The van der Waals surface area contributed by atoms with Crippen molar-refractivity contribution in [2.75, 3.05) is 6.61 Å². The summed E-state index contributed by atoms with van der Waals surface area (Å²) >= 11 is 0. The second-order valence-electron chi connectivity index (χ2n) is 9.13. The second kappa shape index (κ2) is 9.38. The van der Waals surface area contributed by atoms with E-state index in [9.17, 15) is 19.5 Å². The Kier molecular flexibility index (Phi) is 6.13. The van der Waals surface area contributed by atoms with E-state index in [1.54, 1.807) is 36.7 Å². The monoisotopic (exact) mass is 473 g/mol. The maximum atomic E-state index is 13.5. The molecule has 2 aromatic carbocycles. The van der Waals surface area contributed by atoms with Crippen LogP contribution in [0.5, 0.6) is 5.75 Å². The van der Waals surface area contributed by atoms with Crippen LogP contribution in [0.15, 0.2) is 73.1 Å². The molecule has 2 amide bonds. The standard InChI is InChI=1S/C27H27N3O5/c31-21-9-4-6-18(14-21)15-22(25(33)29-27-12-5-10-24(27)35-17-23(27)32)28-26(34)30-13-11-20(16-30)19-7-2-1-3-8-19/h1-4,6-9,11,13-14,16,22,24,31H,5,10,12,15,17H2,(H,28,34)(H,29,33). The van der Waals surface area contributed by atoms with Gasteiger partial charge in [0.15, 0.2) is 5.78 Å². The predicted octanol–water partition coefficient (Wildman–Crippen LogP) is 3.04. The number of phenols is 1. The third kappa shape index (κ3) is 4.57. The number of fused-ring (bicyclic) bond motifs is 1. The summed E-state index contributed by atoms with van der Waals surface area (Å²) in [5.74, 6) is -0.517. The van der Waals surface area contributed by atoms with Crippen LogP contribution >= 0.6 is 0 Å². The Morgan fingerprint density at radius 1 is 1.11 bits per heavy atom. The number of ketones is 1. The fraction of sp³-hybridized carbons (Fsp3) is 0.296. The minimum atomic E-state index is -1.03. The molecule has 1 saturated heterocycles. The molecule has 3 unspecified atom stereocenters. The van der Waals surface area contributed by atoms with E-state index < -0.39 is 23.5 Å². The summed E-state index contributed by atoms with van der Waals surface area (Å²) in [4.78, 5) is 39.2. The first kappa shape index (κ1) is 22.9. The number of hydrogen-bond donors (Lipinski definition) is 3. The van der Waals surface area contributed by atoms with Gasteiger partial charge < -0.3 is 20.5 Å². The molecule has 3 aromatic rings. The second-order valence-corrected chi connectivity index (χ2v) is 9.13. The summed E-state index contributed by atoms with van der Waals surface area (Å²) in [6, 6.07) is 16.6. The van der Waals surface area contributed by atoms with E-state index in [-0.39, 0.29) is 30.7 Å². The highest BCUT2D eigenvalue weighted by molar-refractivity contribution is 5.98. The van der Waals surface area contributed by atoms with Gasteiger partial charge in [-0.3, -0.25) is 14.2 Å². The minimum Gasteiger partial charge on any atom is -0.508 e. The first-order valence-electron chi connectivity index (χ1n) is 11.7. The third-order valence-corrected chi connectivity index (χ3v) is 6.85. The van der Waals surface area contributed by atoms with Crippen LogP contribution in [0.1, 0.15) is 24.8 Å². The number of carbonyl (C=O) groups excluding carboxylic acids is 3. The van der Waals surface area contributed by atoms with Crippen molar-refractivity contribution in [3.63, 3.8) is 0 Å². The molecule has 35 heavy (non-hydrogen) atoms. The van der Waals surface area contributed by atoms with Crippen molar-refractivity contribution in [2.45, 2.75) is 43.4 Å². The highest BCUT2D eigenvalue weighted by atomic mass is 16.5. The number of carbonyl (C=O) groups is 3. The minimum absolute atomic E-state index is 0.0137. The summed E-state index contributed by atoms with van der Waals surface area (Å²) in [5, 5.41) is 15.6. The molecule has 3 atom stereocenters. The highest BCUT2D eigenvalue weighted by Gasteiger charge is 2.55. The largest absolute Gasteiger partial charge is 0.508 e. The molecular formula is C27H27N3O5. The quantitative estimate of drug-likeness (QED) is 0.510. The van der Waals surface area contributed by atoms with Crippen LogP contribution in [0.3, 0.4) is 0 Å². The molecule has 8 nitrogen and oxygen atoms in total. The van der Waals surface area contributed by atoms with Crippen LogP contribution in [-0.4, -0.2) is 51.7 Å². The number of nitrogens with zero attached hydrogens (tertiary/aromatic N) is 1. The smallest absolute Gasteiger partial charge is 0.326 e. The fourth-order valence-corrected chi connectivity index (χ4v) is 5.02. The number of Topliss-reactive ketones (excluding diaryl/α,β-unsaturated/α-hetero) is 1. The van der Waals surface area contributed by atoms with E-state index in [1.807, 2.05) is 36.4 Å². The van der Waals surface area contributed by atoms with E-state index in [4.69, 9.17) is 4.74 Å². The molecule has 1 aromatic heterocycles. The first-order valence-corrected chi connectivity index (χ1v) is 11.7. The number of aromatic nitrogens is 1. The molecule has 2 aliphatic rings. The van der Waals surface area contributed by atoms with Crippen molar-refractivity contribution >= 4 is 17.7 Å². The maximum Gasteiger partial charge on any atom is 0.326 e. The van der Waals surface area contributed by atoms with Gasteiger partial charge in [-0.05, 0) is 54.2 Å². The van der Waals surface area contributed by atoms with Gasteiger partial charge in [-0.1, -0.05) is 42.5 Å². The highest BCUT2D eigenvalue weighted by Crippen LogP contribution is 2.38. The third-order valence-electron chi connectivity index (χ3n) is 6.85. The van der Waals surface area contributed by atoms with Crippen molar-refractivity contribution in [1.29, 1.82) is 0 Å². The Hall–Kier alpha value is -3.91. The van der Waals surface area contributed by atoms with Gasteiger partial charge in [-0.2, -0.15) is 0 Å². The number of nitrogens with one attached hydrogen (secondary N) is 2. The molecule has 1 saturated carbocycles. The Morgan fingerprint density at radius 2 is 1.94 bits per heavy atom. The van der Waals surface area contributed by atoms with E-state index in [2.05, 4.69) is 10.6 Å². The van der Waals surface area contributed by atoms with Crippen molar-refractivity contribution in [2.24, 2.45) is 0 Å². The molecule has 5 rings (SSSR count). The van der Waals surface area contributed by atoms with Gasteiger partial charge in [-0.25, -0.2) is 4.79 Å². The van der Waals surface area contributed by atoms with Crippen molar-refractivity contribution < 1.29 is 24.2 Å². The Morgan fingerprint density at radius 3 is 2.74 bits per heavy atom. The Bertz CT molecular complexity index is 1250. The first-order chi connectivity index (χ1) is 16.9. The zero-order valence-electron chi connectivity index (χ0n) is 19.1. The van der Waals surface area contributed by atoms with Crippen molar-refractivity contribution in [3.8, 4) is 16.9 Å². The van der Waals surface area contributed by atoms with Gasteiger partial charge in [-0.15, -0.1) is 0 Å². The molecule has 180 valence electrons. The lowest BCUT2D eigenvalue weighted by Crippen LogP contribution is -2.61. The fourth-order valence-electron chi connectivity index (χ4n) is 5.02. The average Bonchev–Trinajstić information content (AvgIpc) is 3.57. The molecule has 0 bridgehead atoms. The summed E-state index contributed by atoms with van der Waals surface area (Å²) in [6.07, 6.45) is 5.16. The van der Waals surface area contributed by atoms with E-state index >= 15 is 0 Å². The molecule has 0 spiro atoms. The molecule has 8 heteroatoms. The lowest BCUT2D eigenvalue weighted by Gasteiger charge is -2.30. The average molecular weight is 474 g/mol. The van der Waals surface area contributed by atoms with Crippen LogP contribution in [0.4, 0.5) is 4.79 Å². The van der Waals surface area contributed by atoms with Crippen LogP contribution in [-0.2, 0) is 20.7 Å². The predicted molar refractivity (Wildman–Crippen MR) is 129 cm³/mol. The Balaban J connectivity index is 1.37. The summed E-state index contributed by atoms with van der Waals surface area (Å²) < 4.78 is 7.01. The van der Waals surface area contributed by atoms with Gasteiger partial charge in [0.25, 0.3) is 0 Å². The molecular weight excluding hydrogens is 446 g/mol. The van der Waals surface area contributed by atoms with Gasteiger partial charge in [0.05, 0.1) is 6.10 Å². The molecule has 3 N–H and O–H groups in total. The topological polar surface area (TPSA) is 110 Å². The number of hydrogen-bond acceptors (Lipinski definition) is 5. The number of aromatic hydroxyl groups is 1. The summed E-state index contributed by atoms with van der Waals surface area (Å²) in [5.41, 5.74) is 1.49. The van der Waals surface area contributed by atoms with E-state index in [0.717, 1.165) is 17.5 Å². The van der Waals surface area contributed by atoms with Crippen LogP contribution < -0.4 is 10.6 Å². The molecule has 0 radical (unpaired) electrons. The van der Waals surface area contributed by atoms with E-state index in [1.165, 1.54) is 4.57 Å².